The van der Waals surface area contributed by atoms with Crippen molar-refractivity contribution in [2.24, 2.45) is 18.7 Å². The molecule has 1 saturated heterocycles. The molecule has 0 bridgehead atoms. The second kappa shape index (κ2) is 5.08. The molecule has 0 aromatic carbocycles. The highest BCUT2D eigenvalue weighted by molar-refractivity contribution is 9.10. The van der Waals surface area contributed by atoms with Crippen molar-refractivity contribution in [3.8, 4) is 0 Å². The number of aromatic nitrogens is 2. The monoisotopic (exact) mass is 301 g/mol. The van der Waals surface area contributed by atoms with Gasteiger partial charge >= 0.3 is 0 Å². The fraction of sp³-hybridized carbons (Fsp3) is 0.750. The molecule has 0 saturated carbocycles. The Morgan fingerprint density at radius 3 is 2.82 bits per heavy atom. The van der Waals surface area contributed by atoms with E-state index in [0.717, 1.165) is 29.6 Å². The van der Waals surface area contributed by atoms with Crippen molar-refractivity contribution in [1.29, 1.82) is 0 Å². The molecule has 1 aromatic rings. The Kier molecular flexibility index (Phi) is 3.90. The molecule has 17 heavy (non-hydrogen) atoms. The Bertz CT molecular complexity index is 405. The van der Waals surface area contributed by atoms with Crippen LogP contribution in [-0.4, -0.2) is 28.5 Å². The lowest BCUT2D eigenvalue weighted by Crippen LogP contribution is -2.36. The van der Waals surface area contributed by atoms with Gasteiger partial charge < -0.3 is 10.5 Å². The van der Waals surface area contributed by atoms with Crippen molar-refractivity contribution in [3.63, 3.8) is 0 Å². The molecule has 2 heterocycles. The Balaban J connectivity index is 2.10. The van der Waals surface area contributed by atoms with Crippen LogP contribution in [0.25, 0.3) is 0 Å². The van der Waals surface area contributed by atoms with Crippen molar-refractivity contribution in [2.75, 3.05) is 6.61 Å². The van der Waals surface area contributed by atoms with Gasteiger partial charge in [-0.3, -0.25) is 4.68 Å². The number of rotatable bonds is 3. The third kappa shape index (κ3) is 2.56. The van der Waals surface area contributed by atoms with Crippen molar-refractivity contribution in [3.05, 3.63) is 15.9 Å². The number of nitrogens with zero attached hydrogens (tertiary/aromatic N) is 2. The first kappa shape index (κ1) is 13.1. The zero-order valence-electron chi connectivity index (χ0n) is 10.6. The molecule has 2 N–H and O–H groups in total. The molecule has 0 spiro atoms. The highest BCUT2D eigenvalue weighted by Gasteiger charge is 2.30. The molecule has 0 radical (unpaired) electrons. The Morgan fingerprint density at radius 2 is 2.35 bits per heavy atom. The summed E-state index contributed by atoms with van der Waals surface area (Å²) < 4.78 is 8.58. The van der Waals surface area contributed by atoms with Crippen LogP contribution in [0.15, 0.2) is 4.47 Å². The van der Waals surface area contributed by atoms with Crippen LogP contribution >= 0.6 is 15.9 Å². The van der Waals surface area contributed by atoms with E-state index in [2.05, 4.69) is 28.0 Å². The van der Waals surface area contributed by atoms with Gasteiger partial charge in [0.2, 0.25) is 0 Å². The van der Waals surface area contributed by atoms with Gasteiger partial charge in [0.05, 0.1) is 22.0 Å². The van der Waals surface area contributed by atoms with E-state index in [4.69, 9.17) is 10.5 Å². The Morgan fingerprint density at radius 1 is 1.65 bits per heavy atom. The largest absolute Gasteiger partial charge is 0.378 e. The van der Waals surface area contributed by atoms with Crippen LogP contribution in [0.2, 0.25) is 0 Å². The van der Waals surface area contributed by atoms with Gasteiger partial charge in [-0.15, -0.1) is 0 Å². The molecule has 5 heteroatoms. The Labute approximate surface area is 111 Å². The van der Waals surface area contributed by atoms with Gasteiger partial charge in [0, 0.05) is 32.0 Å². The van der Waals surface area contributed by atoms with Crippen LogP contribution in [0.4, 0.5) is 0 Å². The third-order valence-corrected chi connectivity index (χ3v) is 4.71. The molecule has 4 nitrogen and oxygen atoms in total. The van der Waals surface area contributed by atoms with Crippen LogP contribution in [0, 0.1) is 12.8 Å². The minimum Gasteiger partial charge on any atom is -0.378 e. The smallest absolute Gasteiger partial charge is 0.0738 e. The number of nitrogens with two attached hydrogens (primary N) is 1. The summed E-state index contributed by atoms with van der Waals surface area (Å²) in [6.45, 7) is 4.95. The van der Waals surface area contributed by atoms with E-state index in [-0.39, 0.29) is 12.1 Å². The number of halogens is 1. The molecule has 1 aliphatic heterocycles. The summed E-state index contributed by atoms with van der Waals surface area (Å²) in [5, 5.41) is 4.39. The maximum Gasteiger partial charge on any atom is 0.0738 e. The summed E-state index contributed by atoms with van der Waals surface area (Å²) in [4.78, 5) is 0. The lowest BCUT2D eigenvalue weighted by atomic mass is 9.91. The number of aryl methyl sites for hydroxylation is 2. The van der Waals surface area contributed by atoms with E-state index in [9.17, 15) is 0 Å². The van der Waals surface area contributed by atoms with E-state index < -0.39 is 0 Å². The normalized spacial score (nSPS) is 26.4. The summed E-state index contributed by atoms with van der Waals surface area (Å²) in [6, 6.07) is 0.138. The lowest BCUT2D eigenvalue weighted by molar-refractivity contribution is 0.0993. The minimum absolute atomic E-state index is 0.138. The van der Waals surface area contributed by atoms with E-state index in [1.807, 2.05) is 18.7 Å². The summed E-state index contributed by atoms with van der Waals surface area (Å²) in [6.07, 6.45) is 2.19. The molecule has 1 aliphatic rings. The SMILES string of the molecule is Cc1nn(C)c(CC(N)C2CCOC2C)c1Br. The summed E-state index contributed by atoms with van der Waals surface area (Å²) >= 11 is 3.58. The van der Waals surface area contributed by atoms with Crippen LogP contribution < -0.4 is 5.73 Å². The molecule has 0 aliphatic carbocycles. The van der Waals surface area contributed by atoms with E-state index in [1.54, 1.807) is 0 Å². The highest BCUT2D eigenvalue weighted by atomic mass is 79.9. The molecular weight excluding hydrogens is 282 g/mol. The first-order chi connectivity index (χ1) is 8.00. The second-order valence-corrected chi connectivity index (χ2v) is 5.66. The van der Waals surface area contributed by atoms with Gasteiger partial charge in [0.25, 0.3) is 0 Å². The molecule has 3 atom stereocenters. The van der Waals surface area contributed by atoms with Gasteiger partial charge in [-0.25, -0.2) is 0 Å². The molecule has 0 amide bonds. The highest BCUT2D eigenvalue weighted by Crippen LogP contribution is 2.27. The number of hydrogen-bond acceptors (Lipinski definition) is 3. The third-order valence-electron chi connectivity index (χ3n) is 3.68. The van der Waals surface area contributed by atoms with E-state index >= 15 is 0 Å². The summed E-state index contributed by atoms with van der Waals surface area (Å²) in [5.74, 6) is 0.456. The fourth-order valence-electron chi connectivity index (χ4n) is 2.59. The topological polar surface area (TPSA) is 53.1 Å². The van der Waals surface area contributed by atoms with Crippen molar-refractivity contribution in [1.82, 2.24) is 9.78 Å². The Hall–Kier alpha value is -0.390. The lowest BCUT2D eigenvalue weighted by Gasteiger charge is -2.22. The maximum absolute atomic E-state index is 6.31. The first-order valence-electron chi connectivity index (χ1n) is 6.06. The van der Waals surface area contributed by atoms with Gasteiger partial charge in [-0.1, -0.05) is 0 Å². The average molecular weight is 302 g/mol. The van der Waals surface area contributed by atoms with Gasteiger partial charge in [0.1, 0.15) is 0 Å². The van der Waals surface area contributed by atoms with E-state index in [1.165, 1.54) is 5.69 Å². The zero-order chi connectivity index (χ0) is 12.6. The molecular formula is C12H20BrN3O. The molecule has 96 valence electrons. The quantitative estimate of drug-likeness (QED) is 0.926. The van der Waals surface area contributed by atoms with Crippen molar-refractivity contribution in [2.45, 2.75) is 38.8 Å². The predicted octanol–water partition coefficient (Wildman–Crippen LogP) is 1.79. The molecule has 2 rings (SSSR count). The van der Waals surface area contributed by atoms with Crippen molar-refractivity contribution < 1.29 is 4.74 Å². The van der Waals surface area contributed by atoms with Crippen LogP contribution in [0.5, 0.6) is 0 Å². The molecule has 1 aromatic heterocycles. The zero-order valence-corrected chi connectivity index (χ0v) is 12.2. The second-order valence-electron chi connectivity index (χ2n) is 4.87. The van der Waals surface area contributed by atoms with Gasteiger partial charge in [0.15, 0.2) is 0 Å². The standard InChI is InChI=1S/C12H20BrN3O/c1-7-12(13)11(16(3)15-7)6-10(14)9-4-5-17-8(9)2/h8-10H,4-6,14H2,1-3H3. The van der Waals surface area contributed by atoms with Gasteiger partial charge in [-0.05, 0) is 36.2 Å². The summed E-state index contributed by atoms with van der Waals surface area (Å²) in [5.41, 5.74) is 8.50. The minimum atomic E-state index is 0.138. The number of ether oxygens (including phenoxy) is 1. The fourth-order valence-corrected chi connectivity index (χ4v) is 3.08. The van der Waals surface area contributed by atoms with Crippen LogP contribution in [-0.2, 0) is 18.2 Å². The molecule has 1 fully saturated rings. The summed E-state index contributed by atoms with van der Waals surface area (Å²) in [7, 11) is 1.97. The van der Waals surface area contributed by atoms with Gasteiger partial charge in [-0.2, -0.15) is 5.10 Å². The first-order valence-corrected chi connectivity index (χ1v) is 6.85. The molecule has 3 unspecified atom stereocenters. The predicted molar refractivity (Wildman–Crippen MR) is 70.8 cm³/mol. The van der Waals surface area contributed by atoms with E-state index in [0.29, 0.717) is 5.92 Å². The number of hydrogen-bond donors (Lipinski definition) is 1. The van der Waals surface area contributed by atoms with Crippen molar-refractivity contribution >= 4 is 15.9 Å². The average Bonchev–Trinajstić information content (AvgIpc) is 2.78. The van der Waals surface area contributed by atoms with Crippen LogP contribution in [0.3, 0.4) is 0 Å². The van der Waals surface area contributed by atoms with Crippen LogP contribution in [0.1, 0.15) is 24.7 Å². The maximum atomic E-state index is 6.31.